The van der Waals surface area contributed by atoms with Crippen LogP contribution in [0.2, 0.25) is 0 Å². The second kappa shape index (κ2) is 4.07. The van der Waals surface area contributed by atoms with Crippen LogP contribution in [0.5, 0.6) is 0 Å². The SMILES string of the molecule is O=C(OCC1OCCO1)C1CCC1. The summed E-state index contributed by atoms with van der Waals surface area (Å²) in [4.78, 5) is 11.2. The fraction of sp³-hybridized carbons (Fsp3) is 0.889. The number of carbonyl (C=O) groups excluding carboxylic acids is 1. The minimum absolute atomic E-state index is 0.0923. The summed E-state index contributed by atoms with van der Waals surface area (Å²) < 4.78 is 15.3. The Morgan fingerprint density at radius 3 is 2.54 bits per heavy atom. The molecule has 1 saturated heterocycles. The Morgan fingerprint density at radius 1 is 1.31 bits per heavy atom. The van der Waals surface area contributed by atoms with Gasteiger partial charge in [0.15, 0.2) is 6.29 Å². The van der Waals surface area contributed by atoms with Gasteiger partial charge >= 0.3 is 5.97 Å². The molecule has 0 N–H and O–H groups in total. The Hall–Kier alpha value is -0.610. The lowest BCUT2D eigenvalue weighted by Gasteiger charge is -2.23. The maximum Gasteiger partial charge on any atom is 0.309 e. The molecular weight excluding hydrogens is 172 g/mol. The molecule has 4 nitrogen and oxygen atoms in total. The van der Waals surface area contributed by atoms with E-state index in [1.807, 2.05) is 0 Å². The van der Waals surface area contributed by atoms with Gasteiger partial charge in [-0.05, 0) is 12.8 Å². The first-order chi connectivity index (χ1) is 6.36. The summed E-state index contributed by atoms with van der Waals surface area (Å²) in [5.41, 5.74) is 0. The van der Waals surface area contributed by atoms with Crippen molar-refractivity contribution in [2.75, 3.05) is 19.8 Å². The molecule has 74 valence electrons. The molecule has 1 saturated carbocycles. The third kappa shape index (κ3) is 2.19. The van der Waals surface area contributed by atoms with Gasteiger partial charge in [0.1, 0.15) is 6.61 Å². The van der Waals surface area contributed by atoms with Crippen LogP contribution < -0.4 is 0 Å². The fourth-order valence-corrected chi connectivity index (χ4v) is 1.42. The quantitative estimate of drug-likeness (QED) is 0.609. The molecule has 0 bridgehead atoms. The largest absolute Gasteiger partial charge is 0.460 e. The van der Waals surface area contributed by atoms with E-state index in [-0.39, 0.29) is 24.8 Å². The number of esters is 1. The van der Waals surface area contributed by atoms with Crippen LogP contribution in [0.15, 0.2) is 0 Å². The van der Waals surface area contributed by atoms with Crippen LogP contribution in [0.1, 0.15) is 19.3 Å². The average Bonchev–Trinajstić information content (AvgIpc) is 2.49. The summed E-state index contributed by atoms with van der Waals surface area (Å²) in [7, 11) is 0. The summed E-state index contributed by atoms with van der Waals surface area (Å²) in [5.74, 6) is 0.0479. The van der Waals surface area contributed by atoms with Gasteiger partial charge in [-0.3, -0.25) is 4.79 Å². The van der Waals surface area contributed by atoms with Gasteiger partial charge in [-0.2, -0.15) is 0 Å². The van der Waals surface area contributed by atoms with Crippen molar-refractivity contribution in [2.45, 2.75) is 25.6 Å². The molecule has 0 aromatic heterocycles. The van der Waals surface area contributed by atoms with Gasteiger partial charge in [-0.25, -0.2) is 0 Å². The Morgan fingerprint density at radius 2 is 2.00 bits per heavy atom. The van der Waals surface area contributed by atoms with Gasteiger partial charge in [0.25, 0.3) is 0 Å². The Labute approximate surface area is 77.1 Å². The third-order valence-electron chi connectivity index (χ3n) is 2.49. The van der Waals surface area contributed by atoms with Crippen molar-refractivity contribution in [2.24, 2.45) is 5.92 Å². The van der Waals surface area contributed by atoms with E-state index in [0.29, 0.717) is 13.2 Å². The van der Waals surface area contributed by atoms with Crippen LogP contribution in [0.4, 0.5) is 0 Å². The summed E-state index contributed by atoms with van der Waals surface area (Å²) in [5, 5.41) is 0. The van der Waals surface area contributed by atoms with E-state index in [1.54, 1.807) is 0 Å². The van der Waals surface area contributed by atoms with Gasteiger partial charge < -0.3 is 14.2 Å². The van der Waals surface area contributed by atoms with Gasteiger partial charge in [0.05, 0.1) is 19.1 Å². The number of hydrogen-bond donors (Lipinski definition) is 0. The van der Waals surface area contributed by atoms with Crippen LogP contribution in [0.3, 0.4) is 0 Å². The zero-order chi connectivity index (χ0) is 9.10. The molecule has 0 aromatic carbocycles. The average molecular weight is 186 g/mol. The fourth-order valence-electron chi connectivity index (χ4n) is 1.42. The van der Waals surface area contributed by atoms with E-state index >= 15 is 0 Å². The normalized spacial score (nSPS) is 24.3. The maximum atomic E-state index is 11.2. The molecule has 0 aromatic rings. The van der Waals surface area contributed by atoms with Crippen LogP contribution in [-0.2, 0) is 19.0 Å². The van der Waals surface area contributed by atoms with Gasteiger partial charge in [0, 0.05) is 0 Å². The first kappa shape index (κ1) is 8.97. The predicted molar refractivity (Wildman–Crippen MR) is 44.0 cm³/mol. The molecule has 2 rings (SSSR count). The maximum absolute atomic E-state index is 11.2. The summed E-state index contributed by atoms with van der Waals surface area (Å²) >= 11 is 0. The predicted octanol–water partition coefficient (Wildman–Crippen LogP) is 0.703. The summed E-state index contributed by atoms with van der Waals surface area (Å²) in [6.45, 7) is 1.45. The van der Waals surface area contributed by atoms with Crippen molar-refractivity contribution in [1.82, 2.24) is 0 Å². The standard InChI is InChI=1S/C9H14O4/c10-9(7-2-1-3-7)13-6-8-11-4-5-12-8/h7-8H,1-6H2. The van der Waals surface area contributed by atoms with Gasteiger partial charge in [-0.15, -0.1) is 0 Å². The van der Waals surface area contributed by atoms with Crippen molar-refractivity contribution < 1.29 is 19.0 Å². The smallest absolute Gasteiger partial charge is 0.309 e. The molecule has 0 unspecified atom stereocenters. The van der Waals surface area contributed by atoms with Crippen molar-refractivity contribution in [3.05, 3.63) is 0 Å². The molecule has 0 spiro atoms. The second-order valence-corrected chi connectivity index (χ2v) is 3.43. The minimum Gasteiger partial charge on any atom is -0.460 e. The topological polar surface area (TPSA) is 44.8 Å². The van der Waals surface area contributed by atoms with E-state index in [4.69, 9.17) is 14.2 Å². The first-order valence-corrected chi connectivity index (χ1v) is 4.76. The van der Waals surface area contributed by atoms with E-state index < -0.39 is 0 Å². The molecule has 0 radical (unpaired) electrons. The van der Waals surface area contributed by atoms with E-state index in [2.05, 4.69) is 0 Å². The van der Waals surface area contributed by atoms with E-state index in [1.165, 1.54) is 0 Å². The number of ether oxygens (including phenoxy) is 3. The minimum atomic E-state index is -0.330. The van der Waals surface area contributed by atoms with Crippen molar-refractivity contribution in [3.63, 3.8) is 0 Å². The number of rotatable bonds is 3. The lowest BCUT2D eigenvalue weighted by atomic mass is 9.86. The van der Waals surface area contributed by atoms with Crippen LogP contribution in [0.25, 0.3) is 0 Å². The van der Waals surface area contributed by atoms with Gasteiger partial charge in [-0.1, -0.05) is 6.42 Å². The Kier molecular flexibility index (Phi) is 2.80. The van der Waals surface area contributed by atoms with Crippen LogP contribution in [-0.4, -0.2) is 32.1 Å². The molecule has 13 heavy (non-hydrogen) atoms. The summed E-state index contributed by atoms with van der Waals surface area (Å²) in [6.07, 6.45) is 2.77. The highest BCUT2D eigenvalue weighted by Crippen LogP contribution is 2.27. The highest BCUT2D eigenvalue weighted by molar-refractivity contribution is 5.73. The highest BCUT2D eigenvalue weighted by Gasteiger charge is 2.28. The zero-order valence-electron chi connectivity index (χ0n) is 7.53. The van der Waals surface area contributed by atoms with Crippen molar-refractivity contribution in [1.29, 1.82) is 0 Å². The molecule has 1 aliphatic heterocycles. The Balaban J connectivity index is 1.63. The molecular formula is C9H14O4. The van der Waals surface area contributed by atoms with Crippen LogP contribution in [0, 0.1) is 5.92 Å². The lowest BCUT2D eigenvalue weighted by molar-refractivity contribution is -0.163. The Bertz CT molecular complexity index is 182. The second-order valence-electron chi connectivity index (χ2n) is 3.43. The molecule has 4 heteroatoms. The van der Waals surface area contributed by atoms with E-state index in [0.717, 1.165) is 19.3 Å². The zero-order valence-corrected chi connectivity index (χ0v) is 7.53. The van der Waals surface area contributed by atoms with Crippen molar-refractivity contribution in [3.8, 4) is 0 Å². The molecule has 2 aliphatic rings. The summed E-state index contributed by atoms with van der Waals surface area (Å²) in [6, 6.07) is 0. The molecule has 0 amide bonds. The number of carbonyl (C=O) groups is 1. The molecule has 0 atom stereocenters. The monoisotopic (exact) mass is 186 g/mol. The highest BCUT2D eigenvalue weighted by atomic mass is 16.7. The first-order valence-electron chi connectivity index (χ1n) is 4.76. The van der Waals surface area contributed by atoms with Gasteiger partial charge in [0.2, 0.25) is 0 Å². The molecule has 1 aliphatic carbocycles. The lowest BCUT2D eigenvalue weighted by Crippen LogP contribution is -2.27. The van der Waals surface area contributed by atoms with Crippen molar-refractivity contribution >= 4 is 5.97 Å². The molecule has 1 heterocycles. The third-order valence-corrected chi connectivity index (χ3v) is 2.49. The van der Waals surface area contributed by atoms with Crippen LogP contribution >= 0.6 is 0 Å². The van der Waals surface area contributed by atoms with E-state index in [9.17, 15) is 4.79 Å². The number of hydrogen-bond acceptors (Lipinski definition) is 4. The molecule has 2 fully saturated rings.